The number of hydrogen-bond acceptors (Lipinski definition) is 2. The molecule has 0 unspecified atom stereocenters. The van der Waals surface area contributed by atoms with Gasteiger partial charge >= 0.3 is 0 Å². The highest BCUT2D eigenvalue weighted by Crippen LogP contribution is 2.47. The first-order valence-corrected chi connectivity index (χ1v) is 3.58. The first kappa shape index (κ1) is 5.69. The van der Waals surface area contributed by atoms with E-state index in [-0.39, 0.29) is 17.8 Å². The van der Waals surface area contributed by atoms with Crippen molar-refractivity contribution in [3.63, 3.8) is 0 Å². The standard InChI is InChI=1S/C7H12O2/c1-7-4-2-3-5(8)6(7)9-7/h5-6,8H,2-4H2,1H3/t5-,6+,7-/m1/s1. The van der Waals surface area contributed by atoms with Gasteiger partial charge in [0.2, 0.25) is 0 Å². The fourth-order valence-corrected chi connectivity index (χ4v) is 1.76. The third kappa shape index (κ3) is 0.700. The fourth-order valence-electron chi connectivity index (χ4n) is 1.76. The molecule has 0 bridgehead atoms. The highest BCUT2D eigenvalue weighted by molar-refractivity contribution is 5.05. The molecule has 1 saturated carbocycles. The lowest BCUT2D eigenvalue weighted by Gasteiger charge is -2.16. The molecule has 2 rings (SSSR count). The Morgan fingerprint density at radius 2 is 2.44 bits per heavy atom. The highest BCUT2D eigenvalue weighted by atomic mass is 16.6. The van der Waals surface area contributed by atoms with E-state index in [9.17, 15) is 5.11 Å². The second-order valence-corrected chi connectivity index (χ2v) is 3.31. The van der Waals surface area contributed by atoms with Crippen molar-refractivity contribution in [2.45, 2.75) is 44.0 Å². The van der Waals surface area contributed by atoms with E-state index in [1.54, 1.807) is 0 Å². The molecule has 1 aliphatic heterocycles. The summed E-state index contributed by atoms with van der Waals surface area (Å²) in [5.41, 5.74) is 0.0671. The Morgan fingerprint density at radius 1 is 1.67 bits per heavy atom. The molecular formula is C7H12O2. The molecule has 0 amide bonds. The van der Waals surface area contributed by atoms with E-state index in [4.69, 9.17) is 4.74 Å². The number of aliphatic hydroxyl groups excluding tert-OH is 1. The minimum atomic E-state index is -0.177. The van der Waals surface area contributed by atoms with Crippen LogP contribution in [0.15, 0.2) is 0 Å². The Labute approximate surface area is 54.8 Å². The van der Waals surface area contributed by atoms with Crippen molar-refractivity contribution >= 4 is 0 Å². The van der Waals surface area contributed by atoms with Crippen molar-refractivity contribution in [1.82, 2.24) is 0 Å². The lowest BCUT2D eigenvalue weighted by molar-refractivity contribution is 0.123. The zero-order chi connectivity index (χ0) is 6.48. The largest absolute Gasteiger partial charge is 0.390 e. The molecule has 0 aromatic heterocycles. The lowest BCUT2D eigenvalue weighted by atomic mass is 9.89. The molecule has 3 atom stereocenters. The zero-order valence-electron chi connectivity index (χ0n) is 5.63. The summed E-state index contributed by atoms with van der Waals surface area (Å²) in [6, 6.07) is 0. The van der Waals surface area contributed by atoms with Gasteiger partial charge in [-0.1, -0.05) is 0 Å². The third-order valence-corrected chi connectivity index (χ3v) is 2.46. The van der Waals surface area contributed by atoms with E-state index >= 15 is 0 Å². The van der Waals surface area contributed by atoms with Crippen LogP contribution in [0.25, 0.3) is 0 Å². The monoisotopic (exact) mass is 128 g/mol. The second kappa shape index (κ2) is 1.50. The molecule has 2 aliphatic rings. The van der Waals surface area contributed by atoms with E-state index in [1.165, 1.54) is 0 Å². The fraction of sp³-hybridized carbons (Fsp3) is 1.00. The van der Waals surface area contributed by atoms with Crippen LogP contribution in [-0.4, -0.2) is 22.9 Å². The van der Waals surface area contributed by atoms with Gasteiger partial charge in [0.25, 0.3) is 0 Å². The minimum absolute atomic E-state index is 0.0671. The van der Waals surface area contributed by atoms with Gasteiger partial charge in [-0.2, -0.15) is 0 Å². The summed E-state index contributed by atoms with van der Waals surface area (Å²) in [6.45, 7) is 2.08. The summed E-state index contributed by atoms with van der Waals surface area (Å²) in [4.78, 5) is 0. The number of epoxide rings is 1. The maximum Gasteiger partial charge on any atom is 0.113 e. The van der Waals surface area contributed by atoms with Crippen LogP contribution in [0.2, 0.25) is 0 Å². The van der Waals surface area contributed by atoms with Gasteiger partial charge in [-0.15, -0.1) is 0 Å². The summed E-state index contributed by atoms with van der Waals surface area (Å²) in [5.74, 6) is 0. The molecule has 9 heavy (non-hydrogen) atoms. The first-order chi connectivity index (χ1) is 4.22. The van der Waals surface area contributed by atoms with E-state index in [0.717, 1.165) is 19.3 Å². The van der Waals surface area contributed by atoms with Crippen LogP contribution >= 0.6 is 0 Å². The van der Waals surface area contributed by atoms with Crippen molar-refractivity contribution < 1.29 is 9.84 Å². The van der Waals surface area contributed by atoms with Gasteiger partial charge in [-0.3, -0.25) is 0 Å². The number of hydrogen-bond donors (Lipinski definition) is 1. The maximum atomic E-state index is 9.26. The van der Waals surface area contributed by atoms with Crippen LogP contribution in [0.4, 0.5) is 0 Å². The van der Waals surface area contributed by atoms with Crippen molar-refractivity contribution in [2.24, 2.45) is 0 Å². The Kier molecular flexibility index (Phi) is 0.945. The molecule has 1 saturated heterocycles. The van der Waals surface area contributed by atoms with Crippen molar-refractivity contribution in [1.29, 1.82) is 0 Å². The van der Waals surface area contributed by atoms with Crippen molar-refractivity contribution in [3.05, 3.63) is 0 Å². The summed E-state index contributed by atoms with van der Waals surface area (Å²) in [6.07, 6.45) is 3.18. The Morgan fingerprint density at radius 3 is 3.00 bits per heavy atom. The van der Waals surface area contributed by atoms with E-state index in [0.29, 0.717) is 0 Å². The maximum absolute atomic E-state index is 9.26. The number of rotatable bonds is 0. The topological polar surface area (TPSA) is 32.8 Å². The van der Waals surface area contributed by atoms with Crippen LogP contribution in [0.1, 0.15) is 26.2 Å². The molecule has 2 nitrogen and oxygen atoms in total. The average Bonchev–Trinajstić information content (AvgIpc) is 2.43. The normalized spacial score (nSPS) is 56.7. The van der Waals surface area contributed by atoms with E-state index < -0.39 is 0 Å². The van der Waals surface area contributed by atoms with Gasteiger partial charge in [0, 0.05) is 0 Å². The molecule has 52 valence electrons. The van der Waals surface area contributed by atoms with E-state index in [2.05, 4.69) is 6.92 Å². The molecule has 2 fully saturated rings. The van der Waals surface area contributed by atoms with Crippen LogP contribution in [0.3, 0.4) is 0 Å². The summed E-state index contributed by atoms with van der Waals surface area (Å²) < 4.78 is 5.33. The molecule has 1 N–H and O–H groups in total. The molecule has 0 spiro atoms. The predicted octanol–water partition coefficient (Wildman–Crippen LogP) is 0.689. The Balaban J connectivity index is 2.07. The predicted molar refractivity (Wildman–Crippen MR) is 33.1 cm³/mol. The van der Waals surface area contributed by atoms with Crippen molar-refractivity contribution in [3.8, 4) is 0 Å². The van der Waals surface area contributed by atoms with Gasteiger partial charge in [0.1, 0.15) is 6.10 Å². The molecule has 0 aromatic carbocycles. The highest BCUT2D eigenvalue weighted by Gasteiger charge is 2.57. The Hall–Kier alpha value is -0.0800. The molecule has 1 heterocycles. The van der Waals surface area contributed by atoms with Crippen LogP contribution in [-0.2, 0) is 4.74 Å². The van der Waals surface area contributed by atoms with Crippen LogP contribution < -0.4 is 0 Å². The van der Waals surface area contributed by atoms with Crippen LogP contribution in [0, 0.1) is 0 Å². The molecular weight excluding hydrogens is 116 g/mol. The van der Waals surface area contributed by atoms with E-state index in [1.807, 2.05) is 0 Å². The second-order valence-electron chi connectivity index (χ2n) is 3.31. The zero-order valence-corrected chi connectivity index (χ0v) is 5.63. The first-order valence-electron chi connectivity index (χ1n) is 3.58. The average molecular weight is 128 g/mol. The molecule has 1 aliphatic carbocycles. The smallest absolute Gasteiger partial charge is 0.113 e. The molecule has 2 heteroatoms. The number of aliphatic hydroxyl groups is 1. The summed E-state index contributed by atoms with van der Waals surface area (Å²) >= 11 is 0. The van der Waals surface area contributed by atoms with Gasteiger partial charge in [0.05, 0.1) is 11.7 Å². The minimum Gasteiger partial charge on any atom is -0.390 e. The quantitative estimate of drug-likeness (QED) is 0.487. The van der Waals surface area contributed by atoms with Crippen molar-refractivity contribution in [2.75, 3.05) is 0 Å². The molecule has 0 aromatic rings. The van der Waals surface area contributed by atoms with Gasteiger partial charge in [-0.25, -0.2) is 0 Å². The SMILES string of the molecule is C[C@@]12CCC[C@@H](O)[C@@H]1O2. The summed E-state index contributed by atoms with van der Waals surface area (Å²) in [5, 5.41) is 9.26. The summed E-state index contributed by atoms with van der Waals surface area (Å²) in [7, 11) is 0. The number of fused-ring (bicyclic) bond motifs is 1. The molecule has 0 radical (unpaired) electrons. The van der Waals surface area contributed by atoms with Crippen LogP contribution in [0.5, 0.6) is 0 Å². The third-order valence-electron chi connectivity index (χ3n) is 2.46. The van der Waals surface area contributed by atoms with Gasteiger partial charge in [0.15, 0.2) is 0 Å². The van der Waals surface area contributed by atoms with Gasteiger partial charge < -0.3 is 9.84 Å². The van der Waals surface area contributed by atoms with Gasteiger partial charge in [-0.05, 0) is 26.2 Å². The Bertz CT molecular complexity index is 135. The lowest BCUT2D eigenvalue weighted by Crippen LogP contribution is -2.27. The number of ether oxygens (including phenoxy) is 1.